The number of nitrogens with one attached hydrogen (secondary N) is 3. The maximum absolute atomic E-state index is 7.40. The molecule has 3 rings (SSSR count). The van der Waals surface area contributed by atoms with Gasteiger partial charge in [-0.2, -0.15) is 0 Å². The molecule has 0 fully saturated rings. The lowest BCUT2D eigenvalue weighted by molar-refractivity contribution is 0.793. The fraction of sp³-hybridized carbons (Fsp3) is 0.318. The minimum Gasteiger partial charge on any atom is -0.363 e. The first-order chi connectivity index (χ1) is 14.6. The van der Waals surface area contributed by atoms with Gasteiger partial charge in [0, 0.05) is 12.8 Å². The summed E-state index contributed by atoms with van der Waals surface area (Å²) in [4.78, 5) is 13.4. The molecule has 1 aromatic carbocycles. The highest BCUT2D eigenvalue weighted by atomic mass is 127. The predicted molar refractivity (Wildman–Crippen MR) is 132 cm³/mol. The molecule has 1 aliphatic heterocycles. The number of rotatable bonds is 7. The molecule has 2 aromatic rings. The summed E-state index contributed by atoms with van der Waals surface area (Å²) >= 11 is 2.22. The van der Waals surface area contributed by atoms with Crippen LogP contribution in [0, 0.1) is 12.5 Å². The van der Waals surface area contributed by atoms with Crippen molar-refractivity contribution in [1.29, 1.82) is 5.53 Å². The van der Waals surface area contributed by atoms with E-state index in [2.05, 4.69) is 97.5 Å². The first-order valence-electron chi connectivity index (χ1n) is 9.86. The number of anilines is 2. The van der Waals surface area contributed by atoms with Gasteiger partial charge in [-0.1, -0.05) is 46.4 Å². The van der Waals surface area contributed by atoms with Crippen molar-refractivity contribution in [3.63, 3.8) is 0 Å². The molecule has 1 unspecified atom stereocenters. The summed E-state index contributed by atoms with van der Waals surface area (Å²) in [5, 5.41) is 10.2. The van der Waals surface area contributed by atoms with E-state index in [1.54, 1.807) is 6.20 Å². The van der Waals surface area contributed by atoms with Crippen molar-refractivity contribution in [2.45, 2.75) is 39.3 Å². The van der Waals surface area contributed by atoms with E-state index in [1.165, 1.54) is 16.7 Å². The molecule has 1 aromatic heterocycles. The Morgan fingerprint density at radius 3 is 3.00 bits per heavy atom. The second kappa shape index (κ2) is 11.0. The van der Waals surface area contributed by atoms with Gasteiger partial charge in [0.25, 0.3) is 0 Å². The summed E-state index contributed by atoms with van der Waals surface area (Å²) in [7, 11) is 0. The van der Waals surface area contributed by atoms with Gasteiger partial charge in [0.05, 0.1) is 18.8 Å². The van der Waals surface area contributed by atoms with E-state index in [0.717, 1.165) is 24.9 Å². The number of hydrogen-bond acceptors (Lipinski definition) is 7. The number of allylic oxidation sites excluding steroid dienone is 1. The van der Waals surface area contributed by atoms with E-state index >= 15 is 0 Å². The second-order valence-electron chi connectivity index (χ2n) is 7.24. The fourth-order valence-electron chi connectivity index (χ4n) is 3.16. The summed E-state index contributed by atoms with van der Waals surface area (Å²) in [6.45, 7) is 5.50. The average molecular weight is 515 g/mol. The first kappa shape index (κ1) is 22.1. The second-order valence-corrected chi connectivity index (χ2v) is 7.96. The van der Waals surface area contributed by atoms with Gasteiger partial charge in [-0.25, -0.2) is 15.5 Å². The summed E-state index contributed by atoms with van der Waals surface area (Å²) in [5.74, 6) is 1.39. The van der Waals surface area contributed by atoms with E-state index in [-0.39, 0.29) is 11.9 Å². The molecule has 1 atom stereocenters. The molecule has 2 heterocycles. The molecule has 3 N–H and O–H groups in total. The largest absolute Gasteiger partial charge is 0.363 e. The molecule has 0 saturated carbocycles. The molecule has 0 aliphatic carbocycles. The average Bonchev–Trinajstić information content (AvgIpc) is 2.73. The smallest absolute Gasteiger partial charge is 0.216 e. The number of benzene rings is 1. The van der Waals surface area contributed by atoms with Crippen LogP contribution in [0.25, 0.3) is 6.08 Å². The molecule has 0 spiro atoms. The Morgan fingerprint density at radius 1 is 1.33 bits per heavy atom. The van der Waals surface area contributed by atoms with Crippen molar-refractivity contribution < 1.29 is 0 Å². The third kappa shape index (κ3) is 6.19. The van der Waals surface area contributed by atoms with E-state index in [4.69, 9.17) is 5.53 Å². The van der Waals surface area contributed by atoms with Crippen LogP contribution in [0.15, 0.2) is 50.2 Å². The fourth-order valence-corrected chi connectivity index (χ4v) is 3.54. The maximum Gasteiger partial charge on any atom is 0.216 e. The highest BCUT2D eigenvalue weighted by molar-refractivity contribution is 14.1. The predicted octanol–water partition coefficient (Wildman–Crippen LogP) is 6.06. The lowest BCUT2D eigenvalue weighted by atomic mass is 10.1. The lowest BCUT2D eigenvalue weighted by Crippen LogP contribution is -2.23. The third-order valence-corrected chi connectivity index (χ3v) is 5.19. The Balaban J connectivity index is 1.72. The molecule has 156 valence electrons. The zero-order valence-electron chi connectivity index (χ0n) is 17.2. The van der Waals surface area contributed by atoms with Crippen LogP contribution in [-0.2, 0) is 6.54 Å². The van der Waals surface area contributed by atoms with Crippen LogP contribution in [0.5, 0.6) is 0 Å². The van der Waals surface area contributed by atoms with E-state index < -0.39 is 0 Å². The number of aryl methyl sites for hydroxylation is 1. The van der Waals surface area contributed by atoms with Crippen LogP contribution in [-0.4, -0.2) is 28.8 Å². The molecule has 0 bridgehead atoms. The van der Waals surface area contributed by atoms with Crippen molar-refractivity contribution in [3.05, 3.63) is 56.8 Å². The van der Waals surface area contributed by atoms with Crippen molar-refractivity contribution in [2.75, 3.05) is 17.2 Å². The SMILES string of the molecule is C/C1=C/CCC(Nc2cnc(N=N)c(NCc3ccc(C)c(/C=C\I)c3)n2)C=NC1. The number of hydrogen-bond donors (Lipinski definition) is 3. The molecule has 0 radical (unpaired) electrons. The number of nitrogens with zero attached hydrogens (tertiary/aromatic N) is 4. The normalized spacial score (nSPS) is 18.4. The Bertz CT molecular complexity index is 981. The van der Waals surface area contributed by atoms with E-state index in [1.807, 2.05) is 10.3 Å². The van der Waals surface area contributed by atoms with E-state index in [9.17, 15) is 0 Å². The molecule has 0 amide bonds. The van der Waals surface area contributed by atoms with Crippen LogP contribution >= 0.6 is 22.6 Å². The summed E-state index contributed by atoms with van der Waals surface area (Å²) in [6, 6.07) is 6.42. The summed E-state index contributed by atoms with van der Waals surface area (Å²) in [5.41, 5.74) is 12.2. The Labute approximate surface area is 190 Å². The van der Waals surface area contributed by atoms with Gasteiger partial charge in [-0.15, -0.1) is 5.11 Å². The standard InChI is InChI=1S/C22H26IN7/c1-15-4-3-5-19(13-25-11-15)28-20-14-27-22(30-24)21(29-20)26-12-17-7-6-16(2)18(10-17)8-9-23/h4,6-10,13-14,19,24H,3,5,11-12H2,1-2H3,(H2,26,28,29)/b9-8-,15-4-,25-13?,30-24?. The maximum atomic E-state index is 7.40. The molecule has 0 saturated heterocycles. The van der Waals surface area contributed by atoms with Crippen LogP contribution in [0.3, 0.4) is 0 Å². The highest BCUT2D eigenvalue weighted by Crippen LogP contribution is 2.23. The minimum atomic E-state index is 0.0926. The van der Waals surface area contributed by atoms with Gasteiger partial charge < -0.3 is 10.6 Å². The quantitative estimate of drug-likeness (QED) is 0.237. The zero-order valence-corrected chi connectivity index (χ0v) is 19.3. The minimum absolute atomic E-state index is 0.0926. The molecule has 30 heavy (non-hydrogen) atoms. The third-order valence-electron chi connectivity index (χ3n) is 4.84. The monoisotopic (exact) mass is 515 g/mol. The highest BCUT2D eigenvalue weighted by Gasteiger charge is 2.12. The summed E-state index contributed by atoms with van der Waals surface area (Å²) in [6.07, 6.45) is 9.81. The van der Waals surface area contributed by atoms with Crippen LogP contribution in [0.4, 0.5) is 17.5 Å². The first-order valence-corrected chi connectivity index (χ1v) is 11.1. The van der Waals surface area contributed by atoms with Crippen molar-refractivity contribution >= 4 is 52.3 Å². The van der Waals surface area contributed by atoms with Crippen LogP contribution < -0.4 is 10.6 Å². The summed E-state index contributed by atoms with van der Waals surface area (Å²) < 4.78 is 2.00. The molecule has 8 heteroatoms. The van der Waals surface area contributed by atoms with Gasteiger partial charge in [0.1, 0.15) is 5.82 Å². The van der Waals surface area contributed by atoms with Gasteiger partial charge in [-0.05, 0) is 59.6 Å². The van der Waals surface area contributed by atoms with Crippen LogP contribution in [0.1, 0.15) is 36.5 Å². The lowest BCUT2D eigenvalue weighted by Gasteiger charge is -2.17. The molecule has 7 nitrogen and oxygen atoms in total. The molecule has 1 aliphatic rings. The zero-order chi connectivity index (χ0) is 21.3. The van der Waals surface area contributed by atoms with Gasteiger partial charge in [0.2, 0.25) is 5.82 Å². The van der Waals surface area contributed by atoms with Crippen molar-refractivity contribution in [3.8, 4) is 0 Å². The number of halogens is 1. The van der Waals surface area contributed by atoms with Gasteiger partial charge in [0.15, 0.2) is 5.82 Å². The molecular formula is C22H26IN7. The van der Waals surface area contributed by atoms with E-state index in [0.29, 0.717) is 18.2 Å². The van der Waals surface area contributed by atoms with Crippen LogP contribution in [0.2, 0.25) is 0 Å². The van der Waals surface area contributed by atoms with Gasteiger partial charge in [-0.3, -0.25) is 4.99 Å². The van der Waals surface area contributed by atoms with Crippen molar-refractivity contribution in [1.82, 2.24) is 9.97 Å². The van der Waals surface area contributed by atoms with Crippen molar-refractivity contribution in [2.24, 2.45) is 10.1 Å². The number of aliphatic imine (C=N–C) groups is 1. The topological polar surface area (TPSA) is 98.4 Å². The Morgan fingerprint density at radius 2 is 2.20 bits per heavy atom. The Hall–Kier alpha value is -2.62. The van der Waals surface area contributed by atoms with Gasteiger partial charge >= 0.3 is 0 Å². The molecular weight excluding hydrogens is 489 g/mol. The number of aromatic nitrogens is 2. The Kier molecular flexibility index (Phi) is 8.06.